The molecule has 150 valence electrons. The second-order valence-electron chi connectivity index (χ2n) is 6.94. The maximum absolute atomic E-state index is 13.8. The molecule has 2 aromatic heterocycles. The third-order valence-electron chi connectivity index (χ3n) is 5.11. The predicted octanol–water partition coefficient (Wildman–Crippen LogP) is 2.34. The maximum atomic E-state index is 13.8. The van der Waals surface area contributed by atoms with Gasteiger partial charge in [-0.15, -0.1) is 0 Å². The number of halogens is 3. The van der Waals surface area contributed by atoms with Crippen LogP contribution >= 0.6 is 0 Å². The second-order valence-corrected chi connectivity index (χ2v) is 6.94. The van der Waals surface area contributed by atoms with E-state index in [0.29, 0.717) is 31.3 Å². The first kappa shape index (κ1) is 18.7. The number of anilines is 3. The predicted molar refractivity (Wildman–Crippen MR) is 97.0 cm³/mol. The molecule has 28 heavy (non-hydrogen) atoms. The van der Waals surface area contributed by atoms with Crippen molar-refractivity contribution < 1.29 is 17.9 Å². The van der Waals surface area contributed by atoms with Gasteiger partial charge < -0.3 is 9.64 Å². The van der Waals surface area contributed by atoms with Gasteiger partial charge in [-0.25, -0.2) is 0 Å². The minimum Gasteiger partial charge on any atom is -0.377 e. The highest BCUT2D eigenvalue weighted by atomic mass is 19.4. The van der Waals surface area contributed by atoms with E-state index in [0.717, 1.165) is 4.90 Å². The van der Waals surface area contributed by atoms with Gasteiger partial charge in [-0.1, -0.05) is 0 Å². The molecule has 4 rings (SSSR count). The average molecular weight is 395 g/mol. The van der Waals surface area contributed by atoms with Crippen LogP contribution in [0.1, 0.15) is 13.3 Å². The fourth-order valence-electron chi connectivity index (χ4n) is 3.72. The molecule has 0 saturated carbocycles. The van der Waals surface area contributed by atoms with E-state index in [1.54, 1.807) is 0 Å². The number of alkyl halides is 3. The molecule has 2 aliphatic rings. The summed E-state index contributed by atoms with van der Waals surface area (Å²) in [6.45, 7) is 3.36. The van der Waals surface area contributed by atoms with Gasteiger partial charge in [-0.05, 0) is 25.5 Å². The number of nitrogens with zero attached hydrogens (tertiary/aromatic N) is 5. The van der Waals surface area contributed by atoms with E-state index < -0.39 is 12.2 Å². The van der Waals surface area contributed by atoms with E-state index in [9.17, 15) is 18.0 Å². The van der Waals surface area contributed by atoms with Gasteiger partial charge in [0.2, 0.25) is 5.95 Å². The van der Waals surface area contributed by atoms with Crippen molar-refractivity contribution in [3.63, 3.8) is 0 Å². The zero-order valence-corrected chi connectivity index (χ0v) is 15.3. The molecule has 0 aliphatic carbocycles. The number of fused-ring (bicyclic) bond motifs is 1. The van der Waals surface area contributed by atoms with Crippen molar-refractivity contribution in [3.05, 3.63) is 40.9 Å². The molecule has 10 heteroatoms. The Morgan fingerprint density at radius 2 is 1.96 bits per heavy atom. The number of ether oxygens (including phenoxy) is 1. The first-order chi connectivity index (χ1) is 13.4. The summed E-state index contributed by atoms with van der Waals surface area (Å²) in [5.41, 5.74) is -0.0665. The van der Waals surface area contributed by atoms with Crippen LogP contribution in [0, 0.1) is 0 Å². The first-order valence-corrected chi connectivity index (χ1v) is 9.08. The largest absolute Gasteiger partial charge is 0.409 e. The van der Waals surface area contributed by atoms with Gasteiger partial charge in [-0.3, -0.25) is 19.2 Å². The zero-order valence-electron chi connectivity index (χ0n) is 15.3. The first-order valence-electron chi connectivity index (χ1n) is 9.08. The van der Waals surface area contributed by atoms with Crippen LogP contribution in [0.15, 0.2) is 35.4 Å². The lowest BCUT2D eigenvalue weighted by Crippen LogP contribution is -2.51. The molecule has 7 nitrogen and oxygen atoms in total. The van der Waals surface area contributed by atoms with Crippen molar-refractivity contribution >= 4 is 17.5 Å². The number of hydrogen-bond acceptors (Lipinski definition) is 6. The van der Waals surface area contributed by atoms with Gasteiger partial charge in [0.1, 0.15) is 11.9 Å². The Kier molecular flexibility index (Phi) is 4.74. The summed E-state index contributed by atoms with van der Waals surface area (Å²) in [5.74, 6) is 0.370. The molecule has 0 bridgehead atoms. The van der Waals surface area contributed by atoms with Crippen molar-refractivity contribution in [3.8, 4) is 0 Å². The van der Waals surface area contributed by atoms with Gasteiger partial charge in [0.15, 0.2) is 0 Å². The Balaban J connectivity index is 1.86. The average Bonchev–Trinajstić information content (AvgIpc) is 2.67. The Hall–Kier alpha value is -2.62. The Bertz CT molecular complexity index is 902. The van der Waals surface area contributed by atoms with E-state index in [4.69, 9.17) is 4.74 Å². The fourth-order valence-corrected chi connectivity index (χ4v) is 3.72. The third kappa shape index (κ3) is 3.32. The lowest BCUT2D eigenvalue weighted by atomic mass is 10.1. The summed E-state index contributed by atoms with van der Waals surface area (Å²) >= 11 is 0. The molecule has 2 atom stereocenters. The summed E-state index contributed by atoms with van der Waals surface area (Å²) in [7, 11) is 0. The molecule has 2 aliphatic heterocycles. The van der Waals surface area contributed by atoms with Crippen LogP contribution in [0.2, 0.25) is 0 Å². The number of rotatable bonds is 2. The normalized spacial score (nSPS) is 22.9. The van der Waals surface area contributed by atoms with E-state index in [-0.39, 0.29) is 30.5 Å². The van der Waals surface area contributed by atoms with E-state index in [2.05, 4.69) is 9.97 Å². The summed E-state index contributed by atoms with van der Waals surface area (Å²) in [6, 6.07) is 2.58. The topological polar surface area (TPSA) is 63.5 Å². The van der Waals surface area contributed by atoms with E-state index in [1.807, 2.05) is 11.8 Å². The Morgan fingerprint density at radius 3 is 2.64 bits per heavy atom. The standard InChI is InChI=1S/C18H20F3N5O2/c1-12-11-28-9-8-24(12)15-10-16(27)25-7-4-14(18(19,20)21)26(17(25)23-15)13-2-5-22-6-3-13/h2-3,5-6,10,12,14H,4,7-9,11H2,1H3/t12-,14+/m1/s1. The van der Waals surface area contributed by atoms with Crippen molar-refractivity contribution in [2.45, 2.75) is 38.1 Å². The number of hydrogen-bond donors (Lipinski definition) is 0. The Labute approximate surface area is 159 Å². The molecule has 1 saturated heterocycles. The molecule has 0 aromatic carbocycles. The van der Waals surface area contributed by atoms with Crippen LogP contribution in [0.5, 0.6) is 0 Å². The highest BCUT2D eigenvalue weighted by molar-refractivity contribution is 5.61. The van der Waals surface area contributed by atoms with E-state index in [1.165, 1.54) is 35.2 Å². The smallest absolute Gasteiger partial charge is 0.377 e. The van der Waals surface area contributed by atoms with Crippen LogP contribution in [-0.2, 0) is 11.3 Å². The Morgan fingerprint density at radius 1 is 1.21 bits per heavy atom. The summed E-state index contributed by atoms with van der Waals surface area (Å²) < 4.78 is 48.1. The van der Waals surface area contributed by atoms with Gasteiger partial charge in [-0.2, -0.15) is 18.2 Å². The molecule has 0 spiro atoms. The quantitative estimate of drug-likeness (QED) is 0.778. The highest BCUT2D eigenvalue weighted by Gasteiger charge is 2.47. The fraction of sp³-hybridized carbons (Fsp3) is 0.500. The second kappa shape index (κ2) is 7.08. The molecular weight excluding hydrogens is 375 g/mol. The minimum atomic E-state index is -4.46. The zero-order chi connectivity index (χ0) is 19.9. The lowest BCUT2D eigenvalue weighted by molar-refractivity contribution is -0.150. The molecule has 0 N–H and O–H groups in total. The number of aromatic nitrogens is 3. The van der Waals surface area contributed by atoms with Crippen molar-refractivity contribution in [2.24, 2.45) is 0 Å². The maximum Gasteiger partial charge on any atom is 0.409 e. The molecule has 4 heterocycles. The van der Waals surface area contributed by atoms with Crippen LogP contribution < -0.4 is 15.4 Å². The van der Waals surface area contributed by atoms with Crippen LogP contribution in [0.3, 0.4) is 0 Å². The SMILES string of the molecule is C[C@@H]1COCCN1c1cc(=O)n2c(n1)N(c1ccncc1)[C@H](C(F)(F)F)CC2. The third-order valence-corrected chi connectivity index (χ3v) is 5.11. The molecule has 1 fully saturated rings. The lowest BCUT2D eigenvalue weighted by Gasteiger charge is -2.40. The number of pyridine rings is 1. The van der Waals surface area contributed by atoms with Crippen molar-refractivity contribution in [1.82, 2.24) is 14.5 Å². The highest BCUT2D eigenvalue weighted by Crippen LogP contribution is 2.39. The molecular formula is C18H20F3N5O2. The molecule has 0 unspecified atom stereocenters. The van der Waals surface area contributed by atoms with E-state index >= 15 is 0 Å². The summed E-state index contributed by atoms with van der Waals surface area (Å²) in [4.78, 5) is 24.1. The number of morpholine rings is 1. The van der Waals surface area contributed by atoms with Gasteiger partial charge in [0.05, 0.1) is 19.3 Å². The summed E-state index contributed by atoms with van der Waals surface area (Å²) in [5, 5.41) is 0. The van der Waals surface area contributed by atoms with Crippen molar-refractivity contribution in [2.75, 3.05) is 29.6 Å². The summed E-state index contributed by atoms with van der Waals surface area (Å²) in [6.07, 6.45) is -1.84. The van der Waals surface area contributed by atoms with Crippen molar-refractivity contribution in [1.29, 1.82) is 0 Å². The van der Waals surface area contributed by atoms with Crippen LogP contribution in [0.4, 0.5) is 30.6 Å². The van der Waals surface area contributed by atoms with Crippen LogP contribution in [-0.4, -0.2) is 52.6 Å². The molecule has 0 radical (unpaired) electrons. The van der Waals surface area contributed by atoms with Gasteiger partial charge in [0.25, 0.3) is 5.56 Å². The van der Waals surface area contributed by atoms with Gasteiger partial charge in [0, 0.05) is 37.2 Å². The molecule has 2 aromatic rings. The van der Waals surface area contributed by atoms with Crippen LogP contribution in [0.25, 0.3) is 0 Å². The molecule has 0 amide bonds. The van der Waals surface area contributed by atoms with Gasteiger partial charge >= 0.3 is 6.18 Å². The monoisotopic (exact) mass is 395 g/mol. The minimum absolute atomic E-state index is 0.000895.